The van der Waals surface area contributed by atoms with Gasteiger partial charge in [0.2, 0.25) is 0 Å². The van der Waals surface area contributed by atoms with Crippen LogP contribution in [0.2, 0.25) is 0 Å². The number of hydrogen-bond acceptors (Lipinski definition) is 3. The van der Waals surface area contributed by atoms with E-state index in [1.54, 1.807) is 0 Å². The fraction of sp³-hybridized carbons (Fsp3) is 0.545. The van der Waals surface area contributed by atoms with Gasteiger partial charge in [-0.15, -0.1) is 11.3 Å². The molecule has 1 atom stereocenters. The predicted octanol–water partition coefficient (Wildman–Crippen LogP) is 5.20. The van der Waals surface area contributed by atoms with Crippen molar-refractivity contribution >= 4 is 11.3 Å². The first kappa shape index (κ1) is 18.6. The summed E-state index contributed by atoms with van der Waals surface area (Å²) in [4.78, 5) is 4.06. The third-order valence-corrected chi connectivity index (χ3v) is 6.54. The first-order valence-electron chi connectivity index (χ1n) is 9.55. The topological polar surface area (TPSA) is 29.3 Å². The second-order valence-corrected chi connectivity index (χ2v) is 9.14. The Hall–Kier alpha value is -1.16. The Morgan fingerprint density at radius 2 is 1.76 bits per heavy atom. The van der Waals surface area contributed by atoms with Gasteiger partial charge in [0.1, 0.15) is 0 Å². The van der Waals surface area contributed by atoms with E-state index in [-0.39, 0.29) is 5.54 Å². The van der Waals surface area contributed by atoms with Gasteiger partial charge in [-0.05, 0) is 80.2 Å². The van der Waals surface area contributed by atoms with E-state index in [1.165, 1.54) is 46.4 Å². The first-order chi connectivity index (χ1) is 11.9. The number of nitrogens with zero attached hydrogens (tertiary/aromatic N) is 1. The van der Waals surface area contributed by atoms with Crippen molar-refractivity contribution in [2.24, 2.45) is 5.73 Å². The summed E-state index contributed by atoms with van der Waals surface area (Å²) < 4.78 is 0. The molecule has 1 aromatic carbocycles. The summed E-state index contributed by atoms with van der Waals surface area (Å²) in [6.45, 7) is 9.94. The molecule has 0 radical (unpaired) electrons. The minimum atomic E-state index is -0.0456. The second kappa shape index (κ2) is 8.03. The van der Waals surface area contributed by atoms with Crippen molar-refractivity contribution in [3.05, 3.63) is 56.8 Å². The van der Waals surface area contributed by atoms with E-state index in [9.17, 15) is 0 Å². The molecule has 3 rings (SSSR count). The van der Waals surface area contributed by atoms with E-state index >= 15 is 0 Å². The van der Waals surface area contributed by atoms with Gasteiger partial charge in [0, 0.05) is 30.1 Å². The van der Waals surface area contributed by atoms with Gasteiger partial charge in [-0.1, -0.05) is 24.6 Å². The molecule has 0 aliphatic carbocycles. The highest BCUT2D eigenvalue weighted by Crippen LogP contribution is 2.27. The highest BCUT2D eigenvalue weighted by molar-refractivity contribution is 7.09. The Kier molecular flexibility index (Phi) is 5.98. The monoisotopic (exact) mass is 356 g/mol. The first-order valence-corrected chi connectivity index (χ1v) is 10.4. The Balaban J connectivity index is 1.40. The summed E-state index contributed by atoms with van der Waals surface area (Å²) in [6.07, 6.45) is 5.88. The molecule has 136 valence electrons. The number of nitrogens with two attached hydrogens (primary N) is 1. The molecule has 0 fully saturated rings. The molecule has 3 heteroatoms. The smallest absolute Gasteiger partial charge is 0.0240 e. The third kappa shape index (κ3) is 5.16. The van der Waals surface area contributed by atoms with Crippen molar-refractivity contribution in [2.45, 2.75) is 71.5 Å². The third-order valence-electron chi connectivity index (χ3n) is 5.60. The molecule has 1 aliphatic rings. The molecular formula is C22H32N2S. The van der Waals surface area contributed by atoms with Crippen molar-refractivity contribution in [3.63, 3.8) is 0 Å². The zero-order valence-electron chi connectivity index (χ0n) is 16.0. The summed E-state index contributed by atoms with van der Waals surface area (Å²) in [6, 6.07) is 9.12. The van der Waals surface area contributed by atoms with Gasteiger partial charge < -0.3 is 5.73 Å². The molecular weight excluding hydrogens is 324 g/mol. The van der Waals surface area contributed by atoms with Gasteiger partial charge in [0.15, 0.2) is 0 Å². The molecule has 0 amide bonds. The molecule has 1 unspecified atom stereocenters. The lowest BCUT2D eigenvalue weighted by atomic mass is 9.91. The van der Waals surface area contributed by atoms with Gasteiger partial charge >= 0.3 is 0 Å². The molecule has 0 spiro atoms. The number of hydrogen-bond donors (Lipinski definition) is 1. The molecule has 1 aliphatic heterocycles. The molecule has 2 N–H and O–H groups in total. The minimum absolute atomic E-state index is 0.0456. The molecule has 1 aromatic heterocycles. The van der Waals surface area contributed by atoms with Gasteiger partial charge in [0.05, 0.1) is 0 Å². The maximum absolute atomic E-state index is 6.58. The zero-order valence-corrected chi connectivity index (χ0v) is 16.8. The van der Waals surface area contributed by atoms with E-state index in [4.69, 9.17) is 5.73 Å². The Bertz CT molecular complexity index is 657. The van der Waals surface area contributed by atoms with Gasteiger partial charge in [0.25, 0.3) is 0 Å². The van der Waals surface area contributed by atoms with Crippen molar-refractivity contribution < 1.29 is 0 Å². The van der Waals surface area contributed by atoms with Crippen LogP contribution in [-0.2, 0) is 19.5 Å². The summed E-state index contributed by atoms with van der Waals surface area (Å²) in [5, 5.41) is 2.17. The number of aryl methyl sites for hydroxylation is 3. The maximum atomic E-state index is 6.58. The summed E-state index contributed by atoms with van der Waals surface area (Å²) in [7, 11) is 0. The average molecular weight is 357 g/mol. The van der Waals surface area contributed by atoms with E-state index < -0.39 is 0 Å². The van der Waals surface area contributed by atoms with Crippen LogP contribution in [0.3, 0.4) is 0 Å². The summed E-state index contributed by atoms with van der Waals surface area (Å²) in [5.74, 6) is 0. The molecule has 0 bridgehead atoms. The van der Waals surface area contributed by atoms with Crippen LogP contribution >= 0.6 is 11.3 Å². The lowest BCUT2D eigenvalue weighted by molar-refractivity contribution is 0.242. The van der Waals surface area contributed by atoms with Crippen LogP contribution in [0.5, 0.6) is 0 Å². The summed E-state index contributed by atoms with van der Waals surface area (Å²) in [5.41, 5.74) is 12.4. The zero-order chi connectivity index (χ0) is 17.9. The van der Waals surface area contributed by atoms with Gasteiger partial charge in [-0.25, -0.2) is 0 Å². The SMILES string of the molecule is Cc1cc2c(cc1C)CN(CCC(C)(N)CCCCc1cccs1)C2. The fourth-order valence-corrected chi connectivity index (χ4v) is 4.50. The van der Waals surface area contributed by atoms with Crippen LogP contribution in [0, 0.1) is 13.8 Å². The predicted molar refractivity (Wildman–Crippen MR) is 109 cm³/mol. The fourth-order valence-electron chi connectivity index (χ4n) is 3.75. The molecule has 0 saturated heterocycles. The van der Waals surface area contributed by atoms with Crippen LogP contribution in [-0.4, -0.2) is 17.0 Å². The van der Waals surface area contributed by atoms with E-state index in [0.29, 0.717) is 0 Å². The number of fused-ring (bicyclic) bond motifs is 1. The average Bonchev–Trinajstić information content (AvgIpc) is 3.20. The lowest BCUT2D eigenvalue weighted by Crippen LogP contribution is -2.39. The number of rotatable bonds is 8. The van der Waals surface area contributed by atoms with Crippen molar-refractivity contribution in [3.8, 4) is 0 Å². The van der Waals surface area contributed by atoms with Crippen LogP contribution in [0.4, 0.5) is 0 Å². The normalized spacial score (nSPS) is 16.8. The lowest BCUT2D eigenvalue weighted by Gasteiger charge is -2.27. The highest BCUT2D eigenvalue weighted by atomic mass is 32.1. The molecule has 0 saturated carbocycles. The number of unbranched alkanes of at least 4 members (excludes halogenated alkanes) is 1. The standard InChI is InChI=1S/C22H32N2S/c1-17-13-19-15-24(16-20(19)14-18(17)2)11-10-22(3,23)9-5-4-7-21-8-6-12-25-21/h6,8,12-14H,4-5,7,9-11,15-16,23H2,1-3H3. The minimum Gasteiger partial charge on any atom is -0.325 e. The molecule has 2 nitrogen and oxygen atoms in total. The Labute approximate surface area is 157 Å². The highest BCUT2D eigenvalue weighted by Gasteiger charge is 2.23. The van der Waals surface area contributed by atoms with Crippen LogP contribution in [0.15, 0.2) is 29.6 Å². The Morgan fingerprint density at radius 1 is 1.08 bits per heavy atom. The van der Waals surface area contributed by atoms with Gasteiger partial charge in [-0.2, -0.15) is 0 Å². The Morgan fingerprint density at radius 3 is 2.36 bits per heavy atom. The molecule has 2 aromatic rings. The number of thiophene rings is 1. The van der Waals surface area contributed by atoms with E-state index in [2.05, 4.69) is 55.3 Å². The second-order valence-electron chi connectivity index (χ2n) is 8.11. The van der Waals surface area contributed by atoms with E-state index in [0.717, 1.165) is 32.5 Å². The summed E-state index contributed by atoms with van der Waals surface area (Å²) >= 11 is 1.87. The van der Waals surface area contributed by atoms with Crippen molar-refractivity contribution in [1.29, 1.82) is 0 Å². The van der Waals surface area contributed by atoms with E-state index in [1.807, 2.05) is 11.3 Å². The van der Waals surface area contributed by atoms with Crippen LogP contribution < -0.4 is 5.73 Å². The van der Waals surface area contributed by atoms with Crippen LogP contribution in [0.25, 0.3) is 0 Å². The van der Waals surface area contributed by atoms with Gasteiger partial charge in [-0.3, -0.25) is 4.90 Å². The maximum Gasteiger partial charge on any atom is 0.0240 e. The number of benzene rings is 1. The van der Waals surface area contributed by atoms with Crippen LogP contribution in [0.1, 0.15) is 59.7 Å². The molecule has 25 heavy (non-hydrogen) atoms. The largest absolute Gasteiger partial charge is 0.325 e. The quantitative estimate of drug-likeness (QED) is 0.659. The van der Waals surface area contributed by atoms with Crippen molar-refractivity contribution in [2.75, 3.05) is 6.54 Å². The molecule has 2 heterocycles. The van der Waals surface area contributed by atoms with Crippen molar-refractivity contribution in [1.82, 2.24) is 4.90 Å².